The summed E-state index contributed by atoms with van der Waals surface area (Å²) in [4.78, 5) is 4.49. The minimum absolute atomic E-state index is 0.242. The number of halogens is 2. The summed E-state index contributed by atoms with van der Waals surface area (Å²) in [5.74, 6) is -0.242. The largest absolute Gasteiger partial charge is 0.398 e. The zero-order valence-corrected chi connectivity index (χ0v) is 12.1. The molecular weight excluding hydrogens is 362 g/mol. The molecule has 3 aromatic rings. The zero-order chi connectivity index (χ0) is 12.7. The van der Waals surface area contributed by atoms with Crippen LogP contribution in [0.15, 0.2) is 36.4 Å². The maximum Gasteiger partial charge on any atom is 0.126 e. The van der Waals surface area contributed by atoms with Crippen LogP contribution >= 0.6 is 33.9 Å². The van der Waals surface area contributed by atoms with E-state index in [0.717, 1.165) is 24.4 Å². The predicted octanol–water partition coefficient (Wildman–Crippen LogP) is 4.29. The molecule has 90 valence electrons. The van der Waals surface area contributed by atoms with Gasteiger partial charge in [-0.05, 0) is 59.0 Å². The Labute approximate surface area is 121 Å². The molecule has 0 unspecified atom stereocenters. The van der Waals surface area contributed by atoms with E-state index in [9.17, 15) is 4.39 Å². The molecule has 3 rings (SSSR count). The van der Waals surface area contributed by atoms with Crippen LogP contribution in [0.1, 0.15) is 0 Å². The topological polar surface area (TPSA) is 38.9 Å². The molecule has 5 heteroatoms. The molecule has 0 aliphatic rings. The van der Waals surface area contributed by atoms with Crippen molar-refractivity contribution in [2.24, 2.45) is 0 Å². The minimum Gasteiger partial charge on any atom is -0.398 e. The van der Waals surface area contributed by atoms with Crippen molar-refractivity contribution in [3.8, 4) is 10.6 Å². The highest BCUT2D eigenvalue weighted by Gasteiger charge is 2.10. The smallest absolute Gasteiger partial charge is 0.126 e. The van der Waals surface area contributed by atoms with Crippen LogP contribution in [-0.4, -0.2) is 4.98 Å². The van der Waals surface area contributed by atoms with Crippen LogP contribution in [0.25, 0.3) is 20.8 Å². The molecule has 0 saturated heterocycles. The average molecular weight is 370 g/mol. The highest BCUT2D eigenvalue weighted by Crippen LogP contribution is 2.34. The molecule has 0 aliphatic heterocycles. The Kier molecular flexibility index (Phi) is 2.95. The number of rotatable bonds is 1. The van der Waals surface area contributed by atoms with E-state index in [4.69, 9.17) is 5.73 Å². The molecule has 2 N–H and O–H groups in total. The van der Waals surface area contributed by atoms with Crippen LogP contribution in [0.5, 0.6) is 0 Å². The quantitative estimate of drug-likeness (QED) is 0.513. The first-order valence-electron chi connectivity index (χ1n) is 5.25. The van der Waals surface area contributed by atoms with Gasteiger partial charge in [-0.1, -0.05) is 0 Å². The van der Waals surface area contributed by atoms with Gasteiger partial charge in [0, 0.05) is 14.8 Å². The molecule has 0 fully saturated rings. The lowest BCUT2D eigenvalue weighted by atomic mass is 10.2. The molecule has 2 nitrogen and oxygen atoms in total. The highest BCUT2D eigenvalue weighted by atomic mass is 127. The maximum absolute atomic E-state index is 13.1. The first-order valence-corrected chi connectivity index (χ1v) is 7.14. The van der Waals surface area contributed by atoms with Crippen molar-refractivity contribution in [1.82, 2.24) is 4.98 Å². The number of thiazole rings is 1. The van der Waals surface area contributed by atoms with E-state index >= 15 is 0 Å². The SMILES string of the molecule is Nc1ccc(I)cc1-c1nc2ccc(F)cc2s1. The van der Waals surface area contributed by atoms with Crippen LogP contribution in [-0.2, 0) is 0 Å². The van der Waals surface area contributed by atoms with E-state index in [1.807, 2.05) is 18.2 Å². The Hall–Kier alpha value is -1.21. The number of fused-ring (bicyclic) bond motifs is 1. The Bertz CT molecular complexity index is 739. The van der Waals surface area contributed by atoms with Gasteiger partial charge in [0.25, 0.3) is 0 Å². The highest BCUT2D eigenvalue weighted by molar-refractivity contribution is 14.1. The van der Waals surface area contributed by atoms with Crippen LogP contribution in [0.2, 0.25) is 0 Å². The van der Waals surface area contributed by atoms with Gasteiger partial charge in [0.2, 0.25) is 0 Å². The Morgan fingerprint density at radius 1 is 1.17 bits per heavy atom. The second-order valence-corrected chi connectivity index (χ2v) is 6.14. The number of nitrogen functional groups attached to an aromatic ring is 1. The van der Waals surface area contributed by atoms with E-state index in [0.29, 0.717) is 5.69 Å². The molecule has 0 amide bonds. The fourth-order valence-corrected chi connectivity index (χ4v) is 3.25. The van der Waals surface area contributed by atoms with Crippen molar-refractivity contribution in [3.05, 3.63) is 45.8 Å². The van der Waals surface area contributed by atoms with E-state index in [1.54, 1.807) is 6.07 Å². The van der Waals surface area contributed by atoms with Crippen LogP contribution < -0.4 is 5.73 Å². The van der Waals surface area contributed by atoms with Crippen molar-refractivity contribution in [2.75, 3.05) is 5.73 Å². The van der Waals surface area contributed by atoms with Gasteiger partial charge in [-0.3, -0.25) is 0 Å². The minimum atomic E-state index is -0.242. The maximum atomic E-state index is 13.1. The third kappa shape index (κ3) is 2.08. The molecule has 1 aromatic heterocycles. The van der Waals surface area contributed by atoms with Crippen molar-refractivity contribution in [1.29, 1.82) is 0 Å². The van der Waals surface area contributed by atoms with Gasteiger partial charge in [0.1, 0.15) is 10.8 Å². The van der Waals surface area contributed by atoms with E-state index in [-0.39, 0.29) is 5.82 Å². The Morgan fingerprint density at radius 2 is 2.00 bits per heavy atom. The van der Waals surface area contributed by atoms with Gasteiger partial charge in [-0.25, -0.2) is 9.37 Å². The second kappa shape index (κ2) is 4.47. The summed E-state index contributed by atoms with van der Waals surface area (Å²) >= 11 is 3.69. The van der Waals surface area contributed by atoms with Gasteiger partial charge in [-0.15, -0.1) is 11.3 Å². The molecule has 0 bridgehead atoms. The van der Waals surface area contributed by atoms with Gasteiger partial charge >= 0.3 is 0 Å². The van der Waals surface area contributed by atoms with Gasteiger partial charge in [0.15, 0.2) is 0 Å². The summed E-state index contributed by atoms with van der Waals surface area (Å²) < 4.78 is 15.1. The Balaban J connectivity index is 2.22. The molecule has 0 spiro atoms. The predicted molar refractivity (Wildman–Crippen MR) is 82.1 cm³/mol. The van der Waals surface area contributed by atoms with Crippen LogP contribution in [0.3, 0.4) is 0 Å². The number of nitrogens with zero attached hydrogens (tertiary/aromatic N) is 1. The number of anilines is 1. The standard InChI is InChI=1S/C13H8FIN2S/c14-7-1-4-11-12(5-7)18-13(17-11)9-6-8(15)2-3-10(9)16/h1-6H,16H2. The Morgan fingerprint density at radius 3 is 2.83 bits per heavy atom. The molecule has 0 radical (unpaired) electrons. The first kappa shape index (κ1) is 11.9. The number of benzene rings is 2. The third-order valence-corrected chi connectivity index (χ3v) is 4.32. The lowest BCUT2D eigenvalue weighted by Gasteiger charge is -2.01. The van der Waals surface area contributed by atoms with Crippen molar-refractivity contribution in [2.45, 2.75) is 0 Å². The summed E-state index contributed by atoms with van der Waals surface area (Å²) in [6.45, 7) is 0. The summed E-state index contributed by atoms with van der Waals surface area (Å²) in [5.41, 5.74) is 8.36. The summed E-state index contributed by atoms with van der Waals surface area (Å²) in [5, 5.41) is 0.826. The first-order chi connectivity index (χ1) is 8.63. The molecule has 0 aliphatic carbocycles. The zero-order valence-electron chi connectivity index (χ0n) is 9.15. The van der Waals surface area contributed by atoms with E-state index < -0.39 is 0 Å². The van der Waals surface area contributed by atoms with Crippen LogP contribution in [0, 0.1) is 9.39 Å². The molecule has 0 atom stereocenters. The molecule has 18 heavy (non-hydrogen) atoms. The molecule has 1 heterocycles. The summed E-state index contributed by atoms with van der Waals surface area (Å²) in [7, 11) is 0. The fourth-order valence-electron chi connectivity index (χ4n) is 1.73. The van der Waals surface area contributed by atoms with Gasteiger partial charge < -0.3 is 5.73 Å². The summed E-state index contributed by atoms with van der Waals surface area (Å²) in [6, 6.07) is 10.4. The number of hydrogen-bond donors (Lipinski definition) is 1. The van der Waals surface area contributed by atoms with E-state index in [1.165, 1.54) is 23.5 Å². The molecular formula is C13H8FIN2S. The van der Waals surface area contributed by atoms with Gasteiger partial charge in [-0.2, -0.15) is 0 Å². The van der Waals surface area contributed by atoms with Crippen molar-refractivity contribution in [3.63, 3.8) is 0 Å². The average Bonchev–Trinajstić information content (AvgIpc) is 2.74. The monoisotopic (exact) mass is 370 g/mol. The third-order valence-electron chi connectivity index (χ3n) is 2.60. The van der Waals surface area contributed by atoms with E-state index in [2.05, 4.69) is 27.6 Å². The molecule has 0 saturated carbocycles. The fraction of sp³-hybridized carbons (Fsp3) is 0. The van der Waals surface area contributed by atoms with Gasteiger partial charge in [0.05, 0.1) is 10.2 Å². The number of aromatic nitrogens is 1. The van der Waals surface area contributed by atoms with Crippen molar-refractivity contribution < 1.29 is 4.39 Å². The van der Waals surface area contributed by atoms with Crippen LogP contribution in [0.4, 0.5) is 10.1 Å². The molecule has 2 aromatic carbocycles. The lowest BCUT2D eigenvalue weighted by Crippen LogP contribution is -1.89. The summed E-state index contributed by atoms with van der Waals surface area (Å²) in [6.07, 6.45) is 0. The number of hydrogen-bond acceptors (Lipinski definition) is 3. The number of nitrogens with two attached hydrogens (primary N) is 1. The lowest BCUT2D eigenvalue weighted by molar-refractivity contribution is 0.630. The second-order valence-electron chi connectivity index (χ2n) is 3.86. The van der Waals surface area contributed by atoms with Crippen molar-refractivity contribution >= 4 is 49.8 Å². The normalized spacial score (nSPS) is 11.0.